The lowest BCUT2D eigenvalue weighted by Gasteiger charge is -2.26. The molecule has 108 valence electrons. The van der Waals surface area contributed by atoms with Gasteiger partial charge in [-0.2, -0.15) is 5.26 Å². The lowest BCUT2D eigenvalue weighted by molar-refractivity contribution is 0.626. The Morgan fingerprint density at radius 2 is 1.81 bits per heavy atom. The first-order valence-corrected chi connectivity index (χ1v) is 6.67. The summed E-state index contributed by atoms with van der Waals surface area (Å²) in [6, 6.07) is 16.1. The van der Waals surface area contributed by atoms with Gasteiger partial charge in [-0.15, -0.1) is 0 Å². The van der Waals surface area contributed by atoms with E-state index in [1.165, 1.54) is 12.1 Å². The number of hydrogen-bond acceptors (Lipinski definition) is 3. The summed E-state index contributed by atoms with van der Waals surface area (Å²) in [5.41, 5.74) is 1.55. The van der Waals surface area contributed by atoms with E-state index < -0.39 is 5.54 Å². The van der Waals surface area contributed by atoms with Gasteiger partial charge in [0.25, 0.3) is 0 Å². The number of halogens is 1. The zero-order chi connectivity index (χ0) is 15.5. The molecule has 21 heavy (non-hydrogen) atoms. The minimum Gasteiger partial charge on any atom is -0.378 e. The predicted octanol–water partition coefficient (Wildman–Crippen LogP) is 3.74. The van der Waals surface area contributed by atoms with Gasteiger partial charge in [-0.3, -0.25) is 0 Å². The van der Waals surface area contributed by atoms with Crippen LogP contribution in [0.2, 0.25) is 0 Å². The van der Waals surface area contributed by atoms with Gasteiger partial charge in [0, 0.05) is 25.5 Å². The van der Waals surface area contributed by atoms with Crippen LogP contribution < -0.4 is 10.2 Å². The Labute approximate surface area is 124 Å². The zero-order valence-corrected chi connectivity index (χ0v) is 12.4. The number of nitrogens with one attached hydrogen (secondary N) is 1. The fourth-order valence-corrected chi connectivity index (χ4v) is 2.11. The molecule has 2 rings (SSSR count). The van der Waals surface area contributed by atoms with Crippen LogP contribution in [-0.4, -0.2) is 14.1 Å². The lowest BCUT2D eigenvalue weighted by Crippen LogP contribution is -2.30. The van der Waals surface area contributed by atoms with Crippen molar-refractivity contribution < 1.29 is 4.39 Å². The summed E-state index contributed by atoms with van der Waals surface area (Å²) in [5.74, 6) is -0.330. The highest BCUT2D eigenvalue weighted by atomic mass is 19.1. The maximum absolute atomic E-state index is 13.3. The first-order chi connectivity index (χ1) is 9.94. The second-order valence-electron chi connectivity index (χ2n) is 5.31. The SMILES string of the molecule is CN(C)c1ccc(C(C)(C#N)Nc2cccc(F)c2)cc1. The molecule has 2 aromatic rings. The molecule has 0 saturated heterocycles. The van der Waals surface area contributed by atoms with E-state index >= 15 is 0 Å². The molecule has 0 radical (unpaired) electrons. The van der Waals surface area contributed by atoms with E-state index in [-0.39, 0.29) is 5.82 Å². The zero-order valence-electron chi connectivity index (χ0n) is 12.4. The van der Waals surface area contributed by atoms with Gasteiger partial charge in [-0.05, 0) is 42.8 Å². The highest BCUT2D eigenvalue weighted by Crippen LogP contribution is 2.27. The van der Waals surface area contributed by atoms with Crippen LogP contribution in [0.5, 0.6) is 0 Å². The predicted molar refractivity (Wildman–Crippen MR) is 83.8 cm³/mol. The molecule has 0 fully saturated rings. The van der Waals surface area contributed by atoms with Crippen LogP contribution in [-0.2, 0) is 5.54 Å². The molecule has 0 spiro atoms. The number of rotatable bonds is 4. The summed E-state index contributed by atoms with van der Waals surface area (Å²) in [4.78, 5) is 1.99. The Bertz CT molecular complexity index is 658. The summed E-state index contributed by atoms with van der Waals surface area (Å²) >= 11 is 0. The molecule has 0 aliphatic rings. The maximum Gasteiger partial charge on any atom is 0.148 e. The molecule has 0 heterocycles. The standard InChI is InChI=1S/C17H18FN3/c1-17(12-19,20-15-6-4-5-14(18)11-15)13-7-9-16(10-8-13)21(2)3/h4-11,20H,1-3H3. The van der Waals surface area contributed by atoms with Crippen molar-refractivity contribution in [2.45, 2.75) is 12.5 Å². The Balaban J connectivity index is 2.30. The Hall–Kier alpha value is -2.54. The van der Waals surface area contributed by atoms with Crippen molar-refractivity contribution in [3.63, 3.8) is 0 Å². The average Bonchev–Trinajstić information content (AvgIpc) is 2.47. The molecular weight excluding hydrogens is 265 g/mol. The van der Waals surface area contributed by atoms with Gasteiger partial charge in [-0.1, -0.05) is 18.2 Å². The summed E-state index contributed by atoms with van der Waals surface area (Å²) < 4.78 is 13.3. The van der Waals surface area contributed by atoms with E-state index in [0.717, 1.165) is 11.3 Å². The second kappa shape index (κ2) is 5.84. The van der Waals surface area contributed by atoms with Crippen molar-refractivity contribution >= 4 is 11.4 Å². The van der Waals surface area contributed by atoms with Gasteiger partial charge in [0.1, 0.15) is 11.4 Å². The Morgan fingerprint density at radius 3 is 2.33 bits per heavy atom. The number of anilines is 2. The van der Waals surface area contributed by atoms with Crippen LogP contribution in [0.15, 0.2) is 48.5 Å². The molecule has 4 heteroatoms. The summed E-state index contributed by atoms with van der Waals surface area (Å²) in [5, 5.41) is 12.6. The van der Waals surface area contributed by atoms with Crippen LogP contribution in [0, 0.1) is 17.1 Å². The number of nitriles is 1. The third-order valence-electron chi connectivity index (χ3n) is 3.40. The second-order valence-corrected chi connectivity index (χ2v) is 5.31. The minimum absolute atomic E-state index is 0.330. The molecule has 0 bridgehead atoms. The number of hydrogen-bond donors (Lipinski definition) is 1. The van der Waals surface area contributed by atoms with E-state index in [9.17, 15) is 9.65 Å². The van der Waals surface area contributed by atoms with E-state index in [2.05, 4.69) is 11.4 Å². The third-order valence-corrected chi connectivity index (χ3v) is 3.40. The molecule has 0 aliphatic carbocycles. The molecule has 1 atom stereocenters. The number of nitrogens with zero attached hydrogens (tertiary/aromatic N) is 2. The van der Waals surface area contributed by atoms with Gasteiger partial charge in [-0.25, -0.2) is 4.39 Å². The van der Waals surface area contributed by atoms with Gasteiger partial charge in [0.2, 0.25) is 0 Å². The van der Waals surface area contributed by atoms with Crippen molar-refractivity contribution in [2.24, 2.45) is 0 Å². The van der Waals surface area contributed by atoms with Gasteiger partial charge in [0.15, 0.2) is 0 Å². The van der Waals surface area contributed by atoms with Crippen LogP contribution in [0.1, 0.15) is 12.5 Å². The molecule has 0 aromatic heterocycles. The molecule has 0 saturated carbocycles. The highest BCUT2D eigenvalue weighted by molar-refractivity contribution is 5.53. The van der Waals surface area contributed by atoms with E-state index in [1.54, 1.807) is 19.1 Å². The maximum atomic E-state index is 13.3. The first kappa shape index (κ1) is 14.9. The molecule has 0 amide bonds. The van der Waals surface area contributed by atoms with Crippen molar-refractivity contribution in [3.8, 4) is 6.07 Å². The number of benzene rings is 2. The molecular formula is C17H18FN3. The van der Waals surface area contributed by atoms with Crippen molar-refractivity contribution in [2.75, 3.05) is 24.3 Å². The van der Waals surface area contributed by atoms with Crippen LogP contribution >= 0.6 is 0 Å². The third kappa shape index (κ3) is 3.32. The largest absolute Gasteiger partial charge is 0.378 e. The molecule has 0 aliphatic heterocycles. The molecule has 1 N–H and O–H groups in total. The molecule has 1 unspecified atom stereocenters. The molecule has 3 nitrogen and oxygen atoms in total. The minimum atomic E-state index is -0.918. The van der Waals surface area contributed by atoms with E-state index in [4.69, 9.17) is 0 Å². The molecule has 2 aromatic carbocycles. The summed E-state index contributed by atoms with van der Waals surface area (Å²) in [7, 11) is 3.92. The van der Waals surface area contributed by atoms with Gasteiger partial charge >= 0.3 is 0 Å². The van der Waals surface area contributed by atoms with Crippen LogP contribution in [0.3, 0.4) is 0 Å². The Morgan fingerprint density at radius 1 is 1.14 bits per heavy atom. The smallest absolute Gasteiger partial charge is 0.148 e. The van der Waals surface area contributed by atoms with Gasteiger partial charge in [0.05, 0.1) is 6.07 Å². The van der Waals surface area contributed by atoms with Crippen molar-refractivity contribution in [1.29, 1.82) is 5.26 Å². The van der Waals surface area contributed by atoms with Crippen LogP contribution in [0.4, 0.5) is 15.8 Å². The summed E-state index contributed by atoms with van der Waals surface area (Å²) in [6.45, 7) is 1.78. The fraction of sp³-hybridized carbons (Fsp3) is 0.235. The quantitative estimate of drug-likeness (QED) is 0.929. The highest BCUT2D eigenvalue weighted by Gasteiger charge is 2.26. The van der Waals surface area contributed by atoms with Crippen molar-refractivity contribution in [3.05, 3.63) is 59.9 Å². The first-order valence-electron chi connectivity index (χ1n) is 6.67. The summed E-state index contributed by atoms with van der Waals surface area (Å²) in [6.07, 6.45) is 0. The van der Waals surface area contributed by atoms with Gasteiger partial charge < -0.3 is 10.2 Å². The monoisotopic (exact) mass is 283 g/mol. The normalized spacial score (nSPS) is 13.1. The average molecular weight is 283 g/mol. The Kier molecular flexibility index (Phi) is 4.13. The van der Waals surface area contributed by atoms with Crippen LogP contribution in [0.25, 0.3) is 0 Å². The topological polar surface area (TPSA) is 39.1 Å². The fourth-order valence-electron chi connectivity index (χ4n) is 2.11. The van der Waals surface area contributed by atoms with Crippen molar-refractivity contribution in [1.82, 2.24) is 0 Å². The van der Waals surface area contributed by atoms with E-state index in [0.29, 0.717) is 5.69 Å². The lowest BCUT2D eigenvalue weighted by atomic mass is 9.93. The van der Waals surface area contributed by atoms with E-state index in [1.807, 2.05) is 43.3 Å².